The van der Waals surface area contributed by atoms with E-state index in [1.807, 2.05) is 20.8 Å². The number of ether oxygens (including phenoxy) is 1. The molecule has 0 aromatic heterocycles. The number of rotatable bonds is 4. The average molecular weight is 394 g/mol. The van der Waals surface area contributed by atoms with Gasteiger partial charge >= 0.3 is 5.97 Å². The Morgan fingerprint density at radius 1 is 1.30 bits per heavy atom. The summed E-state index contributed by atoms with van der Waals surface area (Å²) in [6, 6.07) is 0. The number of fused-ring (bicyclic) bond motifs is 1. The summed E-state index contributed by atoms with van der Waals surface area (Å²) in [4.78, 5) is 12.5. The molecule has 2 aliphatic heterocycles. The van der Waals surface area contributed by atoms with Crippen LogP contribution in [0.2, 0.25) is 0 Å². The van der Waals surface area contributed by atoms with Gasteiger partial charge in [0.15, 0.2) is 3.42 Å². The molecule has 3 fully saturated rings. The maximum Gasteiger partial charge on any atom is 0.325 e. The van der Waals surface area contributed by atoms with Gasteiger partial charge in [-0.05, 0) is 40.0 Å². The molecule has 1 saturated carbocycles. The molecule has 0 aromatic rings. The van der Waals surface area contributed by atoms with Crippen molar-refractivity contribution in [1.29, 1.82) is 0 Å². The number of esters is 1. The fourth-order valence-electron chi connectivity index (χ4n) is 3.37. The van der Waals surface area contributed by atoms with Crippen molar-refractivity contribution in [2.24, 2.45) is 5.92 Å². The van der Waals surface area contributed by atoms with E-state index in [0.717, 1.165) is 25.7 Å². The number of hydrogen-bond donors (Lipinski definition) is 3. The van der Waals surface area contributed by atoms with Gasteiger partial charge in [-0.2, -0.15) is 0 Å². The minimum Gasteiger partial charge on any atom is -0.461 e. The second-order valence-electron chi connectivity index (χ2n) is 7.02. The topological polar surface area (TPSA) is 90.4 Å². The standard InChI is InChI=1S/C14H23IN2O3/c1-12(2,19)8-6-4-5-7-9(8)20-11(18)13(3,15)14-10(16-14)17-14/h8-10,16-17,19H,4-7H2,1-3H3. The molecule has 6 heteroatoms. The number of hydrogen-bond acceptors (Lipinski definition) is 5. The van der Waals surface area contributed by atoms with Crippen LogP contribution in [0.25, 0.3) is 0 Å². The summed E-state index contributed by atoms with van der Waals surface area (Å²) in [5, 5.41) is 16.8. The van der Waals surface area contributed by atoms with Gasteiger partial charge in [-0.3, -0.25) is 15.4 Å². The molecule has 3 atom stereocenters. The fraction of sp³-hybridized carbons (Fsp3) is 0.929. The maximum atomic E-state index is 12.5. The van der Waals surface area contributed by atoms with Gasteiger partial charge in [-0.1, -0.05) is 29.0 Å². The van der Waals surface area contributed by atoms with E-state index in [2.05, 4.69) is 33.2 Å². The van der Waals surface area contributed by atoms with Gasteiger partial charge in [-0.25, -0.2) is 0 Å². The lowest BCUT2D eigenvalue weighted by Crippen LogP contribution is -2.51. The number of halogens is 1. The Balaban J connectivity index is 1.68. The van der Waals surface area contributed by atoms with Gasteiger partial charge in [-0.15, -0.1) is 0 Å². The molecule has 3 unspecified atom stereocenters. The Bertz CT molecular complexity index is 427. The van der Waals surface area contributed by atoms with Crippen LogP contribution in [-0.2, 0) is 9.53 Å². The normalized spacial score (nSPS) is 42.4. The Labute approximate surface area is 133 Å². The van der Waals surface area contributed by atoms with Crippen LogP contribution >= 0.6 is 22.6 Å². The molecule has 0 spiro atoms. The van der Waals surface area contributed by atoms with E-state index in [9.17, 15) is 9.90 Å². The average Bonchev–Trinajstić information content (AvgIpc) is 3.16. The van der Waals surface area contributed by atoms with Crippen LogP contribution in [0.15, 0.2) is 0 Å². The molecule has 114 valence electrons. The van der Waals surface area contributed by atoms with E-state index in [1.54, 1.807) is 0 Å². The van der Waals surface area contributed by atoms with Crippen LogP contribution in [0.3, 0.4) is 0 Å². The highest BCUT2D eigenvalue weighted by molar-refractivity contribution is 14.1. The summed E-state index contributed by atoms with van der Waals surface area (Å²) in [6.45, 7) is 5.53. The lowest BCUT2D eigenvalue weighted by Gasteiger charge is -2.39. The number of carbonyl (C=O) groups is 1. The van der Waals surface area contributed by atoms with E-state index >= 15 is 0 Å². The van der Waals surface area contributed by atoms with Crippen molar-refractivity contribution < 1.29 is 14.6 Å². The second-order valence-corrected chi connectivity index (χ2v) is 9.18. The first kappa shape index (κ1) is 15.0. The number of nitrogens with one attached hydrogen (secondary N) is 2. The van der Waals surface area contributed by atoms with Crippen molar-refractivity contribution in [1.82, 2.24) is 10.6 Å². The first-order valence-electron chi connectivity index (χ1n) is 7.36. The Hall–Kier alpha value is 0.0800. The van der Waals surface area contributed by atoms with Gasteiger partial charge in [0, 0.05) is 5.92 Å². The molecule has 3 aliphatic rings. The monoisotopic (exact) mass is 394 g/mol. The Morgan fingerprint density at radius 2 is 1.85 bits per heavy atom. The van der Waals surface area contributed by atoms with Crippen molar-refractivity contribution in [3.63, 3.8) is 0 Å². The molecule has 20 heavy (non-hydrogen) atoms. The van der Waals surface area contributed by atoms with Crippen LogP contribution in [0.1, 0.15) is 46.5 Å². The van der Waals surface area contributed by atoms with Gasteiger partial charge in [0.2, 0.25) is 0 Å². The number of aliphatic hydroxyl groups is 1. The number of carbonyl (C=O) groups excluding carboxylic acids is 1. The maximum absolute atomic E-state index is 12.5. The second kappa shape index (κ2) is 4.54. The van der Waals surface area contributed by atoms with E-state index in [0.29, 0.717) is 0 Å². The van der Waals surface area contributed by atoms with E-state index in [-0.39, 0.29) is 29.8 Å². The third kappa shape index (κ3) is 2.28. The summed E-state index contributed by atoms with van der Waals surface area (Å²) in [7, 11) is 0. The molecule has 0 bridgehead atoms. The first-order valence-corrected chi connectivity index (χ1v) is 8.44. The summed E-state index contributed by atoms with van der Waals surface area (Å²) in [6.07, 6.45) is 4.03. The lowest BCUT2D eigenvalue weighted by atomic mass is 9.76. The fourth-order valence-corrected chi connectivity index (χ4v) is 4.12. The van der Waals surface area contributed by atoms with Gasteiger partial charge in [0.1, 0.15) is 11.8 Å². The SMILES string of the molecule is CC(C)(O)C1CCCCC1OC(=O)C(C)(I)C12NC1N2. The minimum absolute atomic E-state index is 0.0278. The summed E-state index contributed by atoms with van der Waals surface area (Å²) in [5.41, 5.74) is -1.05. The summed E-state index contributed by atoms with van der Waals surface area (Å²) in [5.74, 6) is -0.153. The molecule has 2 saturated heterocycles. The van der Waals surface area contributed by atoms with Crippen molar-refractivity contribution >= 4 is 28.6 Å². The smallest absolute Gasteiger partial charge is 0.325 e. The van der Waals surface area contributed by atoms with Crippen molar-refractivity contribution in [2.45, 2.75) is 73.4 Å². The summed E-state index contributed by atoms with van der Waals surface area (Å²) >= 11 is 2.17. The van der Waals surface area contributed by atoms with Crippen LogP contribution in [0.5, 0.6) is 0 Å². The van der Waals surface area contributed by atoms with Gasteiger partial charge in [0.25, 0.3) is 0 Å². The molecule has 0 amide bonds. The predicted octanol–water partition coefficient (Wildman–Crippen LogP) is 1.28. The zero-order valence-corrected chi connectivity index (χ0v) is 14.4. The molecule has 1 aliphatic carbocycles. The first-order chi connectivity index (χ1) is 9.18. The molecule has 3 rings (SSSR count). The lowest BCUT2D eigenvalue weighted by molar-refractivity contribution is -0.163. The predicted molar refractivity (Wildman–Crippen MR) is 83.4 cm³/mol. The highest BCUT2D eigenvalue weighted by Gasteiger charge is 2.80. The van der Waals surface area contributed by atoms with Crippen molar-refractivity contribution in [3.8, 4) is 0 Å². The summed E-state index contributed by atoms with van der Waals surface area (Å²) < 4.78 is 5.20. The third-order valence-electron chi connectivity index (χ3n) is 5.00. The van der Waals surface area contributed by atoms with E-state index in [1.165, 1.54) is 0 Å². The van der Waals surface area contributed by atoms with Gasteiger partial charge in [0.05, 0.1) is 11.8 Å². The van der Waals surface area contributed by atoms with Crippen LogP contribution in [-0.4, -0.2) is 38.0 Å². The van der Waals surface area contributed by atoms with Crippen molar-refractivity contribution in [2.75, 3.05) is 0 Å². The van der Waals surface area contributed by atoms with Gasteiger partial charge < -0.3 is 9.84 Å². The highest BCUT2D eigenvalue weighted by Crippen LogP contribution is 2.52. The van der Waals surface area contributed by atoms with Crippen LogP contribution in [0, 0.1) is 5.92 Å². The van der Waals surface area contributed by atoms with Crippen molar-refractivity contribution in [3.05, 3.63) is 0 Å². The molecule has 0 aromatic carbocycles. The minimum atomic E-state index is -0.802. The zero-order chi connectivity index (χ0) is 14.8. The Morgan fingerprint density at radius 3 is 2.35 bits per heavy atom. The van der Waals surface area contributed by atoms with E-state index < -0.39 is 9.02 Å². The molecular weight excluding hydrogens is 371 g/mol. The molecule has 2 heterocycles. The highest BCUT2D eigenvalue weighted by atomic mass is 127. The van der Waals surface area contributed by atoms with E-state index in [4.69, 9.17) is 4.74 Å². The third-order valence-corrected chi connectivity index (χ3v) is 6.29. The number of alkyl halides is 1. The molecule has 0 radical (unpaired) electrons. The molecular formula is C14H23IN2O3. The molecule has 5 nitrogen and oxygen atoms in total. The zero-order valence-electron chi connectivity index (χ0n) is 12.2. The van der Waals surface area contributed by atoms with Crippen LogP contribution < -0.4 is 10.6 Å². The largest absolute Gasteiger partial charge is 0.461 e. The van der Waals surface area contributed by atoms with Crippen LogP contribution in [0.4, 0.5) is 0 Å². The Kier molecular flexibility index (Phi) is 3.40. The quantitative estimate of drug-likeness (QED) is 0.289. The molecule has 3 N–H and O–H groups in total.